The molecule has 1 aromatic rings. The Balaban J connectivity index is 3.20. The standard InChI is InChI=1S/C6H6N2O2S/c7-4-1-2-5(8(9)10)6(11)3-4/h1-3,11H,7H2. The molecule has 0 aliphatic heterocycles. The second kappa shape index (κ2) is 2.79. The Morgan fingerprint density at radius 2 is 2.18 bits per heavy atom. The number of hydrogen-bond acceptors (Lipinski definition) is 4. The number of rotatable bonds is 1. The van der Waals surface area contributed by atoms with Crippen LogP contribution in [0.3, 0.4) is 0 Å². The molecular weight excluding hydrogens is 164 g/mol. The van der Waals surface area contributed by atoms with E-state index in [1.54, 1.807) is 0 Å². The van der Waals surface area contributed by atoms with Crippen molar-refractivity contribution in [3.05, 3.63) is 28.3 Å². The quantitative estimate of drug-likeness (QED) is 0.290. The van der Waals surface area contributed by atoms with E-state index in [2.05, 4.69) is 12.6 Å². The number of thiol groups is 1. The fourth-order valence-corrected chi connectivity index (χ4v) is 1.00. The molecule has 1 aromatic carbocycles. The molecule has 11 heavy (non-hydrogen) atoms. The molecule has 0 saturated carbocycles. The summed E-state index contributed by atoms with van der Waals surface area (Å²) in [6, 6.07) is 4.25. The average Bonchev–Trinajstić information content (AvgIpc) is 1.85. The van der Waals surface area contributed by atoms with Gasteiger partial charge in [-0.25, -0.2) is 0 Å². The van der Waals surface area contributed by atoms with Gasteiger partial charge in [-0.2, -0.15) is 0 Å². The van der Waals surface area contributed by atoms with Crippen molar-refractivity contribution in [2.75, 3.05) is 5.73 Å². The topological polar surface area (TPSA) is 69.2 Å². The smallest absolute Gasteiger partial charge is 0.282 e. The molecule has 5 heteroatoms. The molecule has 0 spiro atoms. The fourth-order valence-electron chi connectivity index (χ4n) is 0.695. The van der Waals surface area contributed by atoms with Gasteiger partial charge >= 0.3 is 0 Å². The fraction of sp³-hybridized carbons (Fsp3) is 0. The highest BCUT2D eigenvalue weighted by Crippen LogP contribution is 2.23. The van der Waals surface area contributed by atoms with Gasteiger partial charge in [0, 0.05) is 11.8 Å². The largest absolute Gasteiger partial charge is 0.399 e. The van der Waals surface area contributed by atoms with E-state index >= 15 is 0 Å². The minimum absolute atomic E-state index is 0.0254. The Morgan fingerprint density at radius 3 is 2.64 bits per heavy atom. The maximum absolute atomic E-state index is 10.2. The second-order valence-corrected chi connectivity index (χ2v) is 2.49. The number of nitrogens with two attached hydrogens (primary N) is 1. The number of nitro groups is 1. The second-order valence-electron chi connectivity index (χ2n) is 2.01. The monoisotopic (exact) mass is 170 g/mol. The Hall–Kier alpha value is -1.23. The van der Waals surface area contributed by atoms with Crippen molar-refractivity contribution < 1.29 is 4.92 Å². The molecule has 0 saturated heterocycles. The normalized spacial score (nSPS) is 9.55. The molecular formula is C6H6N2O2S. The van der Waals surface area contributed by atoms with Gasteiger partial charge in [0.2, 0.25) is 0 Å². The van der Waals surface area contributed by atoms with Gasteiger partial charge < -0.3 is 5.73 Å². The third-order valence-electron chi connectivity index (χ3n) is 1.20. The summed E-state index contributed by atoms with van der Waals surface area (Å²) >= 11 is 3.89. The zero-order valence-electron chi connectivity index (χ0n) is 5.52. The highest BCUT2D eigenvalue weighted by atomic mass is 32.1. The maximum atomic E-state index is 10.2. The van der Waals surface area contributed by atoms with Gasteiger partial charge in [-0.15, -0.1) is 12.6 Å². The summed E-state index contributed by atoms with van der Waals surface area (Å²) in [6.45, 7) is 0. The van der Waals surface area contributed by atoms with Crippen LogP contribution >= 0.6 is 12.6 Å². The first-order valence-electron chi connectivity index (χ1n) is 2.84. The number of benzene rings is 1. The van der Waals surface area contributed by atoms with E-state index in [-0.39, 0.29) is 10.6 Å². The van der Waals surface area contributed by atoms with Crippen molar-refractivity contribution in [3.63, 3.8) is 0 Å². The highest BCUT2D eigenvalue weighted by molar-refractivity contribution is 7.80. The maximum Gasteiger partial charge on any atom is 0.282 e. The lowest BCUT2D eigenvalue weighted by molar-refractivity contribution is -0.387. The van der Waals surface area contributed by atoms with Crippen molar-refractivity contribution in [1.29, 1.82) is 0 Å². The summed E-state index contributed by atoms with van der Waals surface area (Å²) in [5.41, 5.74) is 5.80. The van der Waals surface area contributed by atoms with Gasteiger partial charge in [-0.05, 0) is 12.1 Å². The lowest BCUT2D eigenvalue weighted by Crippen LogP contribution is -1.91. The molecule has 0 heterocycles. The molecule has 0 fully saturated rings. The van der Waals surface area contributed by atoms with Crippen LogP contribution in [0.1, 0.15) is 0 Å². The SMILES string of the molecule is Nc1ccc([N+](=O)[O-])c(S)c1. The van der Waals surface area contributed by atoms with Gasteiger partial charge in [0.05, 0.1) is 9.82 Å². The van der Waals surface area contributed by atoms with Crippen LogP contribution in [0.15, 0.2) is 23.1 Å². The van der Waals surface area contributed by atoms with Crippen molar-refractivity contribution in [2.24, 2.45) is 0 Å². The molecule has 0 radical (unpaired) electrons. The number of anilines is 1. The first-order chi connectivity index (χ1) is 5.11. The van der Waals surface area contributed by atoms with E-state index in [0.29, 0.717) is 5.69 Å². The van der Waals surface area contributed by atoms with Crippen molar-refractivity contribution >= 4 is 24.0 Å². The number of nitrogens with zero attached hydrogens (tertiary/aromatic N) is 1. The molecule has 1 rings (SSSR count). The molecule has 0 unspecified atom stereocenters. The summed E-state index contributed by atoms with van der Waals surface area (Å²) in [6.07, 6.45) is 0. The Morgan fingerprint density at radius 1 is 1.55 bits per heavy atom. The average molecular weight is 170 g/mol. The van der Waals surface area contributed by atoms with E-state index in [0.717, 1.165) is 0 Å². The molecule has 0 aromatic heterocycles. The van der Waals surface area contributed by atoms with Crippen molar-refractivity contribution in [2.45, 2.75) is 4.90 Å². The van der Waals surface area contributed by atoms with Gasteiger partial charge in [-0.1, -0.05) is 0 Å². The first-order valence-corrected chi connectivity index (χ1v) is 3.29. The first kappa shape index (κ1) is 7.87. The molecule has 0 aliphatic rings. The third kappa shape index (κ3) is 1.62. The summed E-state index contributed by atoms with van der Waals surface area (Å²) in [7, 11) is 0. The minimum atomic E-state index is -0.498. The lowest BCUT2D eigenvalue weighted by atomic mass is 10.3. The van der Waals surface area contributed by atoms with E-state index in [1.807, 2.05) is 0 Å². The Kier molecular flexibility index (Phi) is 2.00. The van der Waals surface area contributed by atoms with Gasteiger partial charge in [0.25, 0.3) is 5.69 Å². The van der Waals surface area contributed by atoms with Gasteiger partial charge in [-0.3, -0.25) is 10.1 Å². The molecule has 0 bridgehead atoms. The van der Waals surface area contributed by atoms with Crippen LogP contribution in [0.25, 0.3) is 0 Å². The summed E-state index contributed by atoms with van der Waals surface area (Å²) in [4.78, 5) is 10.0. The van der Waals surface area contributed by atoms with Crippen LogP contribution in [0.2, 0.25) is 0 Å². The van der Waals surface area contributed by atoms with Crippen LogP contribution in [0.5, 0.6) is 0 Å². The molecule has 4 nitrogen and oxygen atoms in total. The van der Waals surface area contributed by atoms with Gasteiger partial charge in [0.15, 0.2) is 0 Å². The van der Waals surface area contributed by atoms with Crippen LogP contribution < -0.4 is 5.73 Å². The van der Waals surface area contributed by atoms with Crippen LogP contribution in [-0.2, 0) is 0 Å². The summed E-state index contributed by atoms with van der Waals surface area (Å²) in [5.74, 6) is 0. The van der Waals surface area contributed by atoms with E-state index in [9.17, 15) is 10.1 Å². The molecule has 0 amide bonds. The number of hydrogen-bond donors (Lipinski definition) is 2. The summed E-state index contributed by atoms with van der Waals surface area (Å²) in [5, 5.41) is 10.2. The van der Waals surface area contributed by atoms with Crippen molar-refractivity contribution in [1.82, 2.24) is 0 Å². The highest BCUT2D eigenvalue weighted by Gasteiger charge is 2.09. The van der Waals surface area contributed by atoms with Crippen molar-refractivity contribution in [3.8, 4) is 0 Å². The predicted octanol–water partition coefficient (Wildman–Crippen LogP) is 1.47. The Bertz CT molecular complexity index is 301. The number of nitro benzene ring substituents is 1. The zero-order valence-corrected chi connectivity index (χ0v) is 6.41. The molecule has 58 valence electrons. The summed E-state index contributed by atoms with van der Waals surface area (Å²) < 4.78 is 0. The molecule has 0 aliphatic carbocycles. The van der Waals surface area contributed by atoms with E-state index in [1.165, 1.54) is 18.2 Å². The molecule has 2 N–H and O–H groups in total. The zero-order chi connectivity index (χ0) is 8.43. The van der Waals surface area contributed by atoms with Crippen LogP contribution in [-0.4, -0.2) is 4.92 Å². The van der Waals surface area contributed by atoms with Crippen LogP contribution in [0.4, 0.5) is 11.4 Å². The van der Waals surface area contributed by atoms with E-state index < -0.39 is 4.92 Å². The number of nitrogen functional groups attached to an aromatic ring is 1. The predicted molar refractivity (Wildman–Crippen MR) is 44.8 cm³/mol. The lowest BCUT2D eigenvalue weighted by Gasteiger charge is -1.95. The van der Waals surface area contributed by atoms with Crippen LogP contribution in [0, 0.1) is 10.1 Å². The third-order valence-corrected chi connectivity index (χ3v) is 1.55. The van der Waals surface area contributed by atoms with E-state index in [4.69, 9.17) is 5.73 Å². The molecule has 0 atom stereocenters. The Labute approximate surface area is 68.6 Å². The van der Waals surface area contributed by atoms with Gasteiger partial charge in [0.1, 0.15) is 0 Å². The minimum Gasteiger partial charge on any atom is -0.399 e.